The third kappa shape index (κ3) is 5.13. The third-order valence-electron chi connectivity index (χ3n) is 5.54. The molecule has 3 rings (SSSR count). The maximum Gasteiger partial charge on any atom is 0.191 e. The molecule has 26 heavy (non-hydrogen) atoms. The summed E-state index contributed by atoms with van der Waals surface area (Å²) in [6.07, 6.45) is 3.87. The Hall–Kier alpha value is -1.75. The number of anilines is 1. The van der Waals surface area contributed by atoms with Crippen LogP contribution in [0.2, 0.25) is 0 Å². The second kappa shape index (κ2) is 8.76. The van der Waals surface area contributed by atoms with E-state index in [2.05, 4.69) is 72.6 Å². The van der Waals surface area contributed by atoms with Crippen molar-refractivity contribution in [2.75, 3.05) is 45.2 Å². The van der Waals surface area contributed by atoms with E-state index in [0.717, 1.165) is 44.5 Å². The Kier molecular flexibility index (Phi) is 6.41. The first-order chi connectivity index (χ1) is 12.6. The van der Waals surface area contributed by atoms with Gasteiger partial charge in [-0.05, 0) is 65.3 Å². The van der Waals surface area contributed by atoms with E-state index >= 15 is 0 Å². The van der Waals surface area contributed by atoms with Crippen molar-refractivity contribution >= 4 is 11.6 Å². The Morgan fingerprint density at radius 3 is 2.58 bits per heavy atom. The minimum absolute atomic E-state index is 0.452. The SMILES string of the molecule is CCNC(=NCC(C1CC1)N(C)C)NC1CCN(c2ccc(C)cc2)C1. The van der Waals surface area contributed by atoms with Gasteiger partial charge in [0.25, 0.3) is 0 Å². The number of nitrogens with zero attached hydrogens (tertiary/aromatic N) is 3. The van der Waals surface area contributed by atoms with Crippen LogP contribution in [0.5, 0.6) is 0 Å². The number of aryl methyl sites for hydroxylation is 1. The predicted molar refractivity (Wildman–Crippen MR) is 111 cm³/mol. The number of aliphatic imine (C=N–C) groups is 1. The summed E-state index contributed by atoms with van der Waals surface area (Å²) in [7, 11) is 4.35. The lowest BCUT2D eigenvalue weighted by atomic mass is 10.2. The van der Waals surface area contributed by atoms with Crippen molar-refractivity contribution in [1.82, 2.24) is 15.5 Å². The fraction of sp³-hybridized carbons (Fsp3) is 0.667. The van der Waals surface area contributed by atoms with Gasteiger partial charge in [0.1, 0.15) is 0 Å². The van der Waals surface area contributed by atoms with Crippen LogP contribution in [-0.4, -0.2) is 63.2 Å². The summed E-state index contributed by atoms with van der Waals surface area (Å²) in [6, 6.07) is 9.87. The molecule has 144 valence electrons. The van der Waals surface area contributed by atoms with Gasteiger partial charge in [-0.2, -0.15) is 0 Å². The van der Waals surface area contributed by atoms with Gasteiger partial charge in [0, 0.05) is 37.4 Å². The van der Waals surface area contributed by atoms with Gasteiger partial charge in [0.2, 0.25) is 0 Å². The van der Waals surface area contributed by atoms with Crippen molar-refractivity contribution in [1.29, 1.82) is 0 Å². The summed E-state index contributed by atoms with van der Waals surface area (Å²) in [5.74, 6) is 1.80. The average Bonchev–Trinajstić information content (AvgIpc) is 3.34. The molecule has 1 saturated carbocycles. The molecule has 1 aromatic rings. The van der Waals surface area contributed by atoms with E-state index in [1.807, 2.05) is 0 Å². The molecule has 1 aliphatic heterocycles. The smallest absolute Gasteiger partial charge is 0.191 e. The molecule has 2 fully saturated rings. The van der Waals surface area contributed by atoms with E-state index in [1.165, 1.54) is 24.1 Å². The maximum absolute atomic E-state index is 4.90. The molecule has 0 amide bonds. The highest BCUT2D eigenvalue weighted by molar-refractivity contribution is 5.80. The molecule has 2 aliphatic rings. The molecule has 0 spiro atoms. The number of likely N-dealkylation sites (N-methyl/N-ethyl adjacent to an activating group) is 1. The highest BCUT2D eigenvalue weighted by Gasteiger charge is 2.32. The van der Waals surface area contributed by atoms with Crippen LogP contribution in [0.25, 0.3) is 0 Å². The number of benzene rings is 1. The van der Waals surface area contributed by atoms with Crippen molar-refractivity contribution < 1.29 is 0 Å². The largest absolute Gasteiger partial charge is 0.369 e. The van der Waals surface area contributed by atoms with E-state index in [4.69, 9.17) is 4.99 Å². The number of hydrogen-bond donors (Lipinski definition) is 2. The maximum atomic E-state index is 4.90. The Labute approximate surface area is 158 Å². The van der Waals surface area contributed by atoms with Crippen LogP contribution < -0.4 is 15.5 Å². The summed E-state index contributed by atoms with van der Waals surface area (Å²) < 4.78 is 0. The van der Waals surface area contributed by atoms with E-state index in [1.54, 1.807) is 0 Å². The molecule has 0 radical (unpaired) electrons. The molecule has 2 N–H and O–H groups in total. The number of guanidine groups is 1. The first kappa shape index (κ1) is 19.0. The van der Waals surface area contributed by atoms with Gasteiger partial charge in [0.15, 0.2) is 5.96 Å². The fourth-order valence-electron chi connectivity index (χ4n) is 3.78. The normalized spacial score (nSPS) is 22.0. The molecule has 0 aromatic heterocycles. The highest BCUT2D eigenvalue weighted by Crippen LogP contribution is 2.34. The zero-order chi connectivity index (χ0) is 18.5. The summed E-state index contributed by atoms with van der Waals surface area (Å²) >= 11 is 0. The summed E-state index contributed by atoms with van der Waals surface area (Å²) in [5, 5.41) is 7.09. The van der Waals surface area contributed by atoms with Gasteiger partial charge < -0.3 is 20.4 Å². The van der Waals surface area contributed by atoms with Crippen LogP contribution in [-0.2, 0) is 0 Å². The van der Waals surface area contributed by atoms with Crippen LogP contribution in [0.3, 0.4) is 0 Å². The van der Waals surface area contributed by atoms with E-state index in [0.29, 0.717) is 12.1 Å². The Morgan fingerprint density at radius 1 is 1.23 bits per heavy atom. The monoisotopic (exact) mass is 357 g/mol. The summed E-state index contributed by atoms with van der Waals surface area (Å²) in [6.45, 7) is 8.18. The van der Waals surface area contributed by atoms with Crippen LogP contribution in [0.1, 0.15) is 31.7 Å². The van der Waals surface area contributed by atoms with E-state index < -0.39 is 0 Å². The first-order valence-electron chi connectivity index (χ1n) is 10.1. The Bertz CT molecular complexity index is 589. The van der Waals surface area contributed by atoms with Crippen LogP contribution in [0.15, 0.2) is 29.3 Å². The standard InChI is InChI=1S/C21H35N5/c1-5-22-21(23-14-20(25(3)4)17-8-9-17)24-18-12-13-26(15-18)19-10-6-16(2)7-11-19/h6-7,10-11,17-18,20H,5,8-9,12-15H2,1-4H3,(H2,22,23,24). The first-order valence-corrected chi connectivity index (χ1v) is 10.1. The number of hydrogen-bond acceptors (Lipinski definition) is 3. The zero-order valence-electron chi connectivity index (χ0n) is 16.8. The van der Waals surface area contributed by atoms with Gasteiger partial charge in [-0.1, -0.05) is 17.7 Å². The lowest BCUT2D eigenvalue weighted by Crippen LogP contribution is -2.45. The molecular weight excluding hydrogens is 322 g/mol. The van der Waals surface area contributed by atoms with Crippen molar-refractivity contribution in [3.63, 3.8) is 0 Å². The summed E-state index contributed by atoms with van der Waals surface area (Å²) in [4.78, 5) is 9.70. The van der Waals surface area contributed by atoms with Crippen LogP contribution in [0.4, 0.5) is 5.69 Å². The second-order valence-corrected chi connectivity index (χ2v) is 8.00. The molecule has 1 heterocycles. The van der Waals surface area contributed by atoms with Crippen LogP contribution in [0, 0.1) is 12.8 Å². The minimum Gasteiger partial charge on any atom is -0.369 e. The Morgan fingerprint density at radius 2 is 1.96 bits per heavy atom. The molecule has 1 aromatic carbocycles. The number of nitrogens with one attached hydrogen (secondary N) is 2. The van der Waals surface area contributed by atoms with Crippen LogP contribution >= 0.6 is 0 Å². The fourth-order valence-corrected chi connectivity index (χ4v) is 3.78. The van der Waals surface area contributed by atoms with Gasteiger partial charge in [0.05, 0.1) is 6.54 Å². The molecule has 1 saturated heterocycles. The summed E-state index contributed by atoms with van der Waals surface area (Å²) in [5.41, 5.74) is 2.64. The van der Waals surface area contributed by atoms with Gasteiger partial charge >= 0.3 is 0 Å². The Balaban J connectivity index is 1.56. The lowest BCUT2D eigenvalue weighted by Gasteiger charge is -2.24. The predicted octanol–water partition coefficient (Wildman–Crippen LogP) is 2.47. The van der Waals surface area contributed by atoms with Crippen molar-refractivity contribution in [3.8, 4) is 0 Å². The zero-order valence-corrected chi connectivity index (χ0v) is 16.8. The molecule has 2 unspecified atom stereocenters. The quantitative estimate of drug-likeness (QED) is 0.581. The third-order valence-corrected chi connectivity index (χ3v) is 5.54. The highest BCUT2D eigenvalue weighted by atomic mass is 15.2. The second-order valence-electron chi connectivity index (χ2n) is 8.00. The van der Waals surface area contributed by atoms with Crippen molar-refractivity contribution in [2.45, 2.75) is 45.2 Å². The molecule has 2 atom stereocenters. The van der Waals surface area contributed by atoms with Gasteiger partial charge in [-0.15, -0.1) is 0 Å². The van der Waals surface area contributed by atoms with Crippen molar-refractivity contribution in [2.24, 2.45) is 10.9 Å². The van der Waals surface area contributed by atoms with E-state index in [9.17, 15) is 0 Å². The lowest BCUT2D eigenvalue weighted by molar-refractivity contribution is 0.271. The van der Waals surface area contributed by atoms with Gasteiger partial charge in [-0.3, -0.25) is 4.99 Å². The molecule has 0 bridgehead atoms. The number of rotatable bonds is 7. The van der Waals surface area contributed by atoms with Crippen molar-refractivity contribution in [3.05, 3.63) is 29.8 Å². The molecule has 5 nitrogen and oxygen atoms in total. The molecular formula is C21H35N5. The average molecular weight is 358 g/mol. The van der Waals surface area contributed by atoms with Gasteiger partial charge in [-0.25, -0.2) is 0 Å². The molecule has 5 heteroatoms. The molecule has 1 aliphatic carbocycles. The van der Waals surface area contributed by atoms with E-state index in [-0.39, 0.29) is 0 Å². The topological polar surface area (TPSA) is 42.9 Å². The minimum atomic E-state index is 0.452.